The van der Waals surface area contributed by atoms with E-state index in [0.717, 1.165) is 17.1 Å². The Morgan fingerprint density at radius 1 is 1.09 bits per heavy atom. The Balaban J connectivity index is 1.57. The SMILES string of the molecule is Cn1ccnc1-c1ccc(N/C(=C2\C(=O)Nc3cc(F)ccc32)c2ccc(CC(=O)O)cc2)cc1. The minimum Gasteiger partial charge on any atom is -0.481 e. The zero-order valence-corrected chi connectivity index (χ0v) is 18.7. The number of halogens is 1. The van der Waals surface area contributed by atoms with Crippen LogP contribution in [-0.2, 0) is 23.1 Å². The second kappa shape index (κ2) is 8.90. The van der Waals surface area contributed by atoms with Crippen molar-refractivity contribution in [2.45, 2.75) is 6.42 Å². The van der Waals surface area contributed by atoms with Crippen LogP contribution in [0.5, 0.6) is 0 Å². The second-order valence-electron chi connectivity index (χ2n) is 8.23. The number of aryl methyl sites for hydroxylation is 1. The van der Waals surface area contributed by atoms with Crippen molar-refractivity contribution in [1.82, 2.24) is 9.55 Å². The van der Waals surface area contributed by atoms with Gasteiger partial charge in [-0.2, -0.15) is 0 Å². The fraction of sp³-hybridized carbons (Fsp3) is 0.0741. The Bertz CT molecular complexity index is 1470. The van der Waals surface area contributed by atoms with Gasteiger partial charge in [0.05, 0.1) is 23.4 Å². The molecule has 0 saturated heterocycles. The lowest BCUT2D eigenvalue weighted by Gasteiger charge is -2.16. The number of carbonyl (C=O) groups excluding carboxylic acids is 1. The molecule has 3 N–H and O–H groups in total. The van der Waals surface area contributed by atoms with Crippen molar-refractivity contribution in [1.29, 1.82) is 0 Å². The number of imidazole rings is 1. The van der Waals surface area contributed by atoms with Crippen molar-refractivity contribution < 1.29 is 19.1 Å². The molecule has 0 bridgehead atoms. The summed E-state index contributed by atoms with van der Waals surface area (Å²) in [6.45, 7) is 0. The van der Waals surface area contributed by atoms with Crippen LogP contribution in [0.25, 0.3) is 22.7 Å². The van der Waals surface area contributed by atoms with Gasteiger partial charge >= 0.3 is 5.97 Å². The Kier molecular flexibility index (Phi) is 5.62. The van der Waals surface area contributed by atoms with Crippen molar-refractivity contribution in [2.75, 3.05) is 10.6 Å². The van der Waals surface area contributed by atoms with Gasteiger partial charge in [-0.3, -0.25) is 9.59 Å². The zero-order chi connectivity index (χ0) is 24.5. The van der Waals surface area contributed by atoms with Gasteiger partial charge in [-0.15, -0.1) is 0 Å². The molecule has 4 aromatic rings. The summed E-state index contributed by atoms with van der Waals surface area (Å²) in [5.74, 6) is -0.890. The quantitative estimate of drug-likeness (QED) is 0.354. The number of benzene rings is 3. The first kappa shape index (κ1) is 22.1. The third kappa shape index (κ3) is 4.41. The number of hydrogen-bond acceptors (Lipinski definition) is 4. The van der Waals surface area contributed by atoms with Crippen LogP contribution in [-0.4, -0.2) is 26.5 Å². The van der Waals surface area contributed by atoms with Gasteiger partial charge in [0.2, 0.25) is 0 Å². The molecule has 0 atom stereocenters. The first-order chi connectivity index (χ1) is 16.9. The number of fused-ring (bicyclic) bond motifs is 1. The van der Waals surface area contributed by atoms with Gasteiger partial charge in [0.25, 0.3) is 5.91 Å². The number of nitrogens with one attached hydrogen (secondary N) is 2. The summed E-state index contributed by atoms with van der Waals surface area (Å²) in [5, 5.41) is 15.2. The number of nitrogens with zero attached hydrogens (tertiary/aromatic N) is 2. The maximum absolute atomic E-state index is 13.8. The molecule has 0 fully saturated rings. The third-order valence-electron chi connectivity index (χ3n) is 5.81. The Labute approximate surface area is 200 Å². The second-order valence-corrected chi connectivity index (χ2v) is 8.23. The normalized spacial score (nSPS) is 13.8. The van der Waals surface area contributed by atoms with Gasteiger partial charge in [-0.25, -0.2) is 9.37 Å². The van der Waals surface area contributed by atoms with Crippen LogP contribution < -0.4 is 10.6 Å². The molecule has 8 heteroatoms. The van der Waals surface area contributed by atoms with E-state index < -0.39 is 11.8 Å². The van der Waals surface area contributed by atoms with Gasteiger partial charge in [0.15, 0.2) is 0 Å². The highest BCUT2D eigenvalue weighted by Gasteiger charge is 2.29. The van der Waals surface area contributed by atoms with Crippen molar-refractivity contribution in [3.05, 3.63) is 102 Å². The molecule has 2 heterocycles. The van der Waals surface area contributed by atoms with Crippen LogP contribution in [0.1, 0.15) is 16.7 Å². The van der Waals surface area contributed by atoms with Crippen molar-refractivity contribution >= 4 is 34.5 Å². The lowest BCUT2D eigenvalue weighted by atomic mass is 9.98. The minimum absolute atomic E-state index is 0.100. The van der Waals surface area contributed by atoms with E-state index in [1.54, 1.807) is 36.5 Å². The zero-order valence-electron chi connectivity index (χ0n) is 18.7. The third-order valence-corrected chi connectivity index (χ3v) is 5.81. The number of carboxylic acid groups (broad SMARTS) is 1. The van der Waals surface area contributed by atoms with Gasteiger partial charge in [-0.05, 0) is 53.6 Å². The number of hydrogen-bond donors (Lipinski definition) is 3. The highest BCUT2D eigenvalue weighted by atomic mass is 19.1. The molecule has 0 aliphatic carbocycles. The molecular formula is C27H21FN4O3. The van der Waals surface area contributed by atoms with E-state index in [0.29, 0.717) is 33.6 Å². The number of amides is 1. The summed E-state index contributed by atoms with van der Waals surface area (Å²) >= 11 is 0. The first-order valence-corrected chi connectivity index (χ1v) is 10.9. The molecular weight excluding hydrogens is 447 g/mol. The van der Waals surface area contributed by atoms with Crippen LogP contribution in [0.15, 0.2) is 79.1 Å². The summed E-state index contributed by atoms with van der Waals surface area (Å²) in [7, 11) is 1.92. The van der Waals surface area contributed by atoms with E-state index in [9.17, 15) is 14.0 Å². The summed E-state index contributed by atoms with van der Waals surface area (Å²) in [5.41, 5.74) is 4.89. The van der Waals surface area contributed by atoms with Crippen LogP contribution >= 0.6 is 0 Å². The monoisotopic (exact) mass is 468 g/mol. The van der Waals surface area contributed by atoms with Crippen LogP contribution in [0.3, 0.4) is 0 Å². The standard InChI is InChI=1S/C27H21FN4O3/c1-32-13-12-29-26(32)18-6-9-20(10-7-18)30-25(17-4-2-16(3-5-17)14-23(33)34)24-21-11-8-19(28)15-22(21)31-27(24)35/h2-13,15,30H,14H2,1H3,(H,31,35)(H,33,34)/b25-24-. The van der Waals surface area contributed by atoms with E-state index in [2.05, 4.69) is 15.6 Å². The topological polar surface area (TPSA) is 96.3 Å². The molecule has 1 aliphatic heterocycles. The molecule has 0 unspecified atom stereocenters. The molecule has 1 aliphatic rings. The molecule has 0 radical (unpaired) electrons. The predicted molar refractivity (Wildman–Crippen MR) is 132 cm³/mol. The maximum Gasteiger partial charge on any atom is 0.307 e. The number of rotatable bonds is 6. The highest BCUT2D eigenvalue weighted by molar-refractivity contribution is 6.37. The van der Waals surface area contributed by atoms with Gasteiger partial charge in [0, 0.05) is 36.3 Å². The minimum atomic E-state index is -0.923. The van der Waals surface area contributed by atoms with E-state index in [-0.39, 0.29) is 12.3 Å². The van der Waals surface area contributed by atoms with Crippen molar-refractivity contribution in [2.24, 2.45) is 7.05 Å². The molecule has 7 nitrogen and oxygen atoms in total. The van der Waals surface area contributed by atoms with E-state index >= 15 is 0 Å². The lowest BCUT2D eigenvalue weighted by Crippen LogP contribution is -2.10. The molecule has 5 rings (SSSR count). The average molecular weight is 468 g/mol. The number of aromatic nitrogens is 2. The average Bonchev–Trinajstić information content (AvgIpc) is 3.40. The van der Waals surface area contributed by atoms with Crippen LogP contribution in [0.2, 0.25) is 0 Å². The van der Waals surface area contributed by atoms with Crippen LogP contribution in [0.4, 0.5) is 15.8 Å². The summed E-state index contributed by atoms with van der Waals surface area (Å²) in [4.78, 5) is 28.4. The smallest absolute Gasteiger partial charge is 0.307 e. The Morgan fingerprint density at radius 3 is 2.49 bits per heavy atom. The van der Waals surface area contributed by atoms with Gasteiger partial charge in [-0.1, -0.05) is 24.3 Å². The summed E-state index contributed by atoms with van der Waals surface area (Å²) < 4.78 is 15.7. The van der Waals surface area contributed by atoms with E-state index in [1.807, 2.05) is 42.1 Å². The fourth-order valence-corrected chi connectivity index (χ4v) is 4.13. The van der Waals surface area contributed by atoms with Crippen LogP contribution in [0, 0.1) is 5.82 Å². The number of anilines is 2. The lowest BCUT2D eigenvalue weighted by molar-refractivity contribution is -0.136. The summed E-state index contributed by atoms with van der Waals surface area (Å²) in [6, 6.07) is 18.8. The van der Waals surface area contributed by atoms with Crippen molar-refractivity contribution in [3.63, 3.8) is 0 Å². The van der Waals surface area contributed by atoms with E-state index in [1.165, 1.54) is 12.1 Å². The summed E-state index contributed by atoms with van der Waals surface area (Å²) in [6.07, 6.45) is 3.50. The Hall–Kier alpha value is -4.72. The Morgan fingerprint density at radius 2 is 1.83 bits per heavy atom. The molecule has 1 aromatic heterocycles. The molecule has 1 amide bonds. The van der Waals surface area contributed by atoms with Gasteiger partial charge in [0.1, 0.15) is 11.6 Å². The fourth-order valence-electron chi connectivity index (χ4n) is 4.13. The predicted octanol–water partition coefficient (Wildman–Crippen LogP) is 4.79. The number of aliphatic carboxylic acids is 1. The largest absolute Gasteiger partial charge is 0.481 e. The molecule has 174 valence electrons. The molecule has 35 heavy (non-hydrogen) atoms. The highest BCUT2D eigenvalue weighted by Crippen LogP contribution is 2.38. The number of carboxylic acids is 1. The molecule has 3 aromatic carbocycles. The van der Waals surface area contributed by atoms with Crippen molar-refractivity contribution in [3.8, 4) is 11.4 Å². The maximum atomic E-state index is 13.8. The first-order valence-electron chi connectivity index (χ1n) is 10.9. The molecule has 0 spiro atoms. The van der Waals surface area contributed by atoms with E-state index in [4.69, 9.17) is 5.11 Å². The van der Waals surface area contributed by atoms with Gasteiger partial charge < -0.3 is 20.3 Å². The molecule has 0 saturated carbocycles. The number of carbonyl (C=O) groups is 2.